The van der Waals surface area contributed by atoms with Crippen molar-refractivity contribution in [2.24, 2.45) is 5.92 Å². The zero-order valence-electron chi connectivity index (χ0n) is 19.6. The summed E-state index contributed by atoms with van der Waals surface area (Å²) >= 11 is 1.53. The van der Waals surface area contributed by atoms with Crippen LogP contribution in [0.5, 0.6) is 0 Å². The standard InChI is InChI=1S/C28H33NO3S/c1-20-8-6-7-11-23(20)25-18-22(12-14-24(25)28(30)31-2)19-32-26(27-16-17-29-33-27)15-13-21-9-4-3-5-10-21/h6-8,11-12,14,16-18,21,26H,3-5,9-10,13,15,19H2,1-2H3. The molecule has 4 rings (SSSR count). The van der Waals surface area contributed by atoms with Gasteiger partial charge in [0.15, 0.2) is 0 Å². The van der Waals surface area contributed by atoms with E-state index in [1.165, 1.54) is 62.0 Å². The average Bonchev–Trinajstić information content (AvgIpc) is 3.39. The molecule has 1 atom stereocenters. The van der Waals surface area contributed by atoms with Crippen LogP contribution in [0.15, 0.2) is 54.7 Å². The van der Waals surface area contributed by atoms with Crippen molar-refractivity contribution in [3.8, 4) is 11.1 Å². The van der Waals surface area contributed by atoms with Crippen molar-refractivity contribution in [1.29, 1.82) is 0 Å². The van der Waals surface area contributed by atoms with Gasteiger partial charge in [-0.2, -0.15) is 0 Å². The smallest absolute Gasteiger partial charge is 0.338 e. The number of esters is 1. The van der Waals surface area contributed by atoms with E-state index in [4.69, 9.17) is 9.47 Å². The molecule has 1 fully saturated rings. The van der Waals surface area contributed by atoms with Crippen LogP contribution in [0, 0.1) is 12.8 Å². The van der Waals surface area contributed by atoms with Gasteiger partial charge < -0.3 is 9.47 Å². The molecular weight excluding hydrogens is 430 g/mol. The van der Waals surface area contributed by atoms with Gasteiger partial charge in [0, 0.05) is 6.20 Å². The minimum absolute atomic E-state index is 0.0571. The molecule has 1 unspecified atom stereocenters. The second kappa shape index (κ2) is 11.6. The summed E-state index contributed by atoms with van der Waals surface area (Å²) in [4.78, 5) is 13.6. The highest BCUT2D eigenvalue weighted by Crippen LogP contribution is 2.34. The molecule has 5 heteroatoms. The number of hydrogen-bond acceptors (Lipinski definition) is 5. The molecule has 1 aliphatic carbocycles. The van der Waals surface area contributed by atoms with Gasteiger partial charge in [-0.3, -0.25) is 0 Å². The van der Waals surface area contributed by atoms with Crippen molar-refractivity contribution in [3.05, 3.63) is 76.3 Å². The van der Waals surface area contributed by atoms with Gasteiger partial charge in [0.25, 0.3) is 0 Å². The number of nitrogens with zero attached hydrogens (tertiary/aromatic N) is 1. The fourth-order valence-electron chi connectivity index (χ4n) is 4.83. The van der Waals surface area contributed by atoms with Crippen molar-refractivity contribution in [1.82, 2.24) is 4.37 Å². The monoisotopic (exact) mass is 463 g/mol. The number of aryl methyl sites for hydroxylation is 1. The lowest BCUT2D eigenvalue weighted by molar-refractivity contribution is 0.0307. The first kappa shape index (κ1) is 23.7. The maximum atomic E-state index is 12.4. The van der Waals surface area contributed by atoms with Crippen molar-refractivity contribution in [3.63, 3.8) is 0 Å². The number of methoxy groups -OCH3 is 1. The first-order valence-corrected chi connectivity index (χ1v) is 12.7. The Kier molecular flexibility index (Phi) is 8.30. The Labute approximate surface area is 201 Å². The molecule has 0 spiro atoms. The molecule has 1 aromatic heterocycles. The third-order valence-electron chi connectivity index (χ3n) is 6.71. The molecule has 4 nitrogen and oxygen atoms in total. The van der Waals surface area contributed by atoms with Crippen molar-refractivity contribution in [2.75, 3.05) is 7.11 Å². The van der Waals surface area contributed by atoms with E-state index >= 15 is 0 Å². The number of ether oxygens (including phenoxy) is 2. The van der Waals surface area contributed by atoms with Gasteiger partial charge in [-0.1, -0.05) is 62.4 Å². The lowest BCUT2D eigenvalue weighted by Crippen LogP contribution is -2.10. The Morgan fingerprint density at radius 2 is 1.91 bits per heavy atom. The second-order valence-corrected chi connectivity index (χ2v) is 9.85. The van der Waals surface area contributed by atoms with Crippen LogP contribution >= 0.6 is 11.5 Å². The first-order valence-electron chi connectivity index (χ1n) is 11.9. The third-order valence-corrected chi connectivity index (χ3v) is 7.55. The van der Waals surface area contributed by atoms with Crippen LogP contribution in [0.4, 0.5) is 0 Å². The SMILES string of the molecule is COC(=O)c1ccc(COC(CCC2CCCCC2)c2ccns2)cc1-c1ccccc1C. The summed E-state index contributed by atoms with van der Waals surface area (Å²) < 4.78 is 15.8. The minimum atomic E-state index is -0.323. The quantitative estimate of drug-likeness (QED) is 0.308. The van der Waals surface area contributed by atoms with E-state index in [2.05, 4.69) is 29.5 Å². The summed E-state index contributed by atoms with van der Waals surface area (Å²) in [6, 6.07) is 16.1. The molecule has 1 aliphatic rings. The highest BCUT2D eigenvalue weighted by molar-refractivity contribution is 7.05. The number of rotatable bonds is 9. The summed E-state index contributed by atoms with van der Waals surface area (Å²) in [5.41, 5.74) is 4.67. The predicted molar refractivity (Wildman–Crippen MR) is 133 cm³/mol. The van der Waals surface area contributed by atoms with E-state index in [1.807, 2.05) is 36.5 Å². The zero-order valence-corrected chi connectivity index (χ0v) is 20.4. The largest absolute Gasteiger partial charge is 0.465 e. The summed E-state index contributed by atoms with van der Waals surface area (Å²) in [6.07, 6.45) is 11.0. The maximum absolute atomic E-state index is 12.4. The molecule has 1 saturated carbocycles. The molecule has 0 radical (unpaired) electrons. The molecule has 0 N–H and O–H groups in total. The van der Waals surface area contributed by atoms with E-state index < -0.39 is 0 Å². The van der Waals surface area contributed by atoms with Gasteiger partial charge >= 0.3 is 5.97 Å². The summed E-state index contributed by atoms with van der Waals surface area (Å²) in [5, 5.41) is 0. The zero-order chi connectivity index (χ0) is 23.0. The highest BCUT2D eigenvalue weighted by Gasteiger charge is 2.20. The summed E-state index contributed by atoms with van der Waals surface area (Å²) in [7, 11) is 1.42. The van der Waals surface area contributed by atoms with E-state index in [0.717, 1.165) is 34.6 Å². The molecule has 0 saturated heterocycles. The van der Waals surface area contributed by atoms with Crippen LogP contribution < -0.4 is 0 Å². The van der Waals surface area contributed by atoms with E-state index in [1.54, 1.807) is 0 Å². The summed E-state index contributed by atoms with van der Waals surface area (Å²) in [5.74, 6) is 0.500. The average molecular weight is 464 g/mol. The van der Waals surface area contributed by atoms with Crippen molar-refractivity contribution >= 4 is 17.5 Å². The van der Waals surface area contributed by atoms with Gasteiger partial charge in [0.2, 0.25) is 0 Å². The Morgan fingerprint density at radius 3 is 2.64 bits per heavy atom. The fourth-order valence-corrected chi connectivity index (χ4v) is 5.49. The summed E-state index contributed by atoms with van der Waals surface area (Å²) in [6.45, 7) is 2.55. The fraction of sp³-hybridized carbons (Fsp3) is 0.429. The molecule has 3 aromatic rings. The van der Waals surface area contributed by atoms with Gasteiger partial charge in [0.1, 0.15) is 0 Å². The molecule has 0 bridgehead atoms. The van der Waals surface area contributed by atoms with Crippen LogP contribution in [0.3, 0.4) is 0 Å². The number of aromatic nitrogens is 1. The number of benzene rings is 2. The van der Waals surface area contributed by atoms with Gasteiger partial charge in [-0.15, -0.1) is 0 Å². The normalized spacial score (nSPS) is 15.3. The van der Waals surface area contributed by atoms with Gasteiger partial charge in [0.05, 0.1) is 30.3 Å². The van der Waals surface area contributed by atoms with E-state index in [9.17, 15) is 4.79 Å². The molecule has 174 valence electrons. The second-order valence-electron chi connectivity index (χ2n) is 8.98. The molecule has 0 aliphatic heterocycles. The third kappa shape index (κ3) is 6.10. The Morgan fingerprint density at radius 1 is 1.09 bits per heavy atom. The lowest BCUT2D eigenvalue weighted by Gasteiger charge is -2.24. The van der Waals surface area contributed by atoms with Gasteiger partial charge in [-0.05, 0) is 77.7 Å². The predicted octanol–water partition coefficient (Wildman–Crippen LogP) is 7.52. The molecule has 0 amide bonds. The maximum Gasteiger partial charge on any atom is 0.338 e. The van der Waals surface area contributed by atoms with E-state index in [-0.39, 0.29) is 12.1 Å². The lowest BCUT2D eigenvalue weighted by atomic mass is 9.85. The van der Waals surface area contributed by atoms with Gasteiger partial charge in [-0.25, -0.2) is 9.17 Å². The van der Waals surface area contributed by atoms with E-state index in [0.29, 0.717) is 12.2 Å². The number of hydrogen-bond donors (Lipinski definition) is 0. The highest BCUT2D eigenvalue weighted by atomic mass is 32.1. The van der Waals surface area contributed by atoms with Crippen LogP contribution in [-0.4, -0.2) is 17.5 Å². The number of carbonyl (C=O) groups excluding carboxylic acids is 1. The van der Waals surface area contributed by atoms with Crippen LogP contribution in [0.1, 0.15) is 77.4 Å². The first-order chi connectivity index (χ1) is 16.2. The topological polar surface area (TPSA) is 48.4 Å². The minimum Gasteiger partial charge on any atom is -0.465 e. The molecule has 2 aromatic carbocycles. The number of carbonyl (C=O) groups is 1. The molecular formula is C28H33NO3S. The Bertz CT molecular complexity index is 1040. The van der Waals surface area contributed by atoms with Crippen LogP contribution in [-0.2, 0) is 16.1 Å². The Balaban J connectivity index is 1.52. The van der Waals surface area contributed by atoms with Crippen molar-refractivity contribution in [2.45, 2.75) is 64.6 Å². The van der Waals surface area contributed by atoms with Crippen LogP contribution in [0.2, 0.25) is 0 Å². The van der Waals surface area contributed by atoms with Crippen molar-refractivity contribution < 1.29 is 14.3 Å². The molecule has 1 heterocycles. The molecule has 33 heavy (non-hydrogen) atoms. The Hall–Kier alpha value is -2.50. The van der Waals surface area contributed by atoms with Crippen LogP contribution in [0.25, 0.3) is 11.1 Å².